The topological polar surface area (TPSA) is 72.3 Å². The van der Waals surface area contributed by atoms with Crippen LogP contribution < -0.4 is 4.74 Å². The molecule has 0 aliphatic heterocycles. The molecule has 0 radical (unpaired) electrons. The molecule has 1 aromatic carbocycles. The molecule has 0 saturated heterocycles. The Hall–Kier alpha value is -2.50. The van der Waals surface area contributed by atoms with Crippen molar-refractivity contribution in [3.63, 3.8) is 0 Å². The van der Waals surface area contributed by atoms with Crippen molar-refractivity contribution in [2.45, 2.75) is 13.8 Å². The lowest BCUT2D eigenvalue weighted by atomic mass is 10.2. The van der Waals surface area contributed by atoms with Gasteiger partial charge in [-0.15, -0.1) is 0 Å². The minimum atomic E-state index is -1.32. The van der Waals surface area contributed by atoms with Gasteiger partial charge >= 0.3 is 5.97 Å². The van der Waals surface area contributed by atoms with E-state index in [1.807, 2.05) is 6.92 Å². The second-order valence-electron chi connectivity index (χ2n) is 3.93. The lowest BCUT2D eigenvalue weighted by molar-refractivity contribution is 0.0692. The van der Waals surface area contributed by atoms with E-state index in [2.05, 4.69) is 9.97 Å². The largest absolute Gasteiger partial charge is 0.478 e. The summed E-state index contributed by atoms with van der Waals surface area (Å²) in [7, 11) is 0. The summed E-state index contributed by atoms with van der Waals surface area (Å²) in [5.41, 5.74) is 1.08. The van der Waals surface area contributed by atoms with Gasteiger partial charge in [0.15, 0.2) is 0 Å². The van der Waals surface area contributed by atoms with Crippen LogP contribution in [0.5, 0.6) is 11.6 Å². The van der Waals surface area contributed by atoms with E-state index in [0.717, 1.165) is 17.8 Å². The Morgan fingerprint density at radius 2 is 2.05 bits per heavy atom. The third-order valence-corrected chi connectivity index (χ3v) is 2.56. The summed E-state index contributed by atoms with van der Waals surface area (Å²) in [6.45, 7) is 3.59. The number of aromatic nitrogens is 2. The molecule has 98 valence electrons. The first kappa shape index (κ1) is 12.9. The summed E-state index contributed by atoms with van der Waals surface area (Å²) >= 11 is 0. The van der Waals surface area contributed by atoms with Gasteiger partial charge in [0.1, 0.15) is 11.6 Å². The zero-order valence-electron chi connectivity index (χ0n) is 10.3. The number of hydrogen-bond acceptors (Lipinski definition) is 4. The van der Waals surface area contributed by atoms with E-state index in [1.165, 1.54) is 12.3 Å². The number of benzene rings is 1. The van der Waals surface area contributed by atoms with E-state index < -0.39 is 17.3 Å². The van der Waals surface area contributed by atoms with E-state index in [4.69, 9.17) is 9.84 Å². The van der Waals surface area contributed by atoms with Crippen LogP contribution in [0.15, 0.2) is 24.4 Å². The number of carbonyl (C=O) groups is 1. The predicted octanol–water partition coefficient (Wildman–Crippen LogP) is 2.72. The number of hydrogen-bond donors (Lipinski definition) is 1. The fourth-order valence-electron chi connectivity index (χ4n) is 1.42. The number of ether oxygens (including phenoxy) is 1. The standard InChI is InChI=1S/C13H11FN2O3/c1-7-8(2)16-12(6-15-7)19-9-3-4-10(13(17)18)11(14)5-9/h3-6H,1-2H3,(H,17,18). The van der Waals surface area contributed by atoms with Crippen LogP contribution in [0.4, 0.5) is 4.39 Å². The minimum Gasteiger partial charge on any atom is -0.478 e. The molecule has 1 N–H and O–H groups in total. The average molecular weight is 262 g/mol. The van der Waals surface area contributed by atoms with E-state index in [0.29, 0.717) is 5.69 Å². The molecule has 6 heteroatoms. The molecule has 2 aromatic rings. The van der Waals surface area contributed by atoms with Crippen LogP contribution in [0.1, 0.15) is 21.7 Å². The van der Waals surface area contributed by atoms with Crippen molar-refractivity contribution < 1.29 is 19.0 Å². The van der Waals surface area contributed by atoms with Gasteiger partial charge in [-0.2, -0.15) is 0 Å². The number of aromatic carboxylic acids is 1. The smallest absolute Gasteiger partial charge is 0.338 e. The fourth-order valence-corrected chi connectivity index (χ4v) is 1.42. The monoisotopic (exact) mass is 262 g/mol. The SMILES string of the molecule is Cc1ncc(Oc2ccc(C(=O)O)c(F)c2)nc1C. The third kappa shape index (κ3) is 2.85. The first-order valence-corrected chi connectivity index (χ1v) is 5.48. The highest BCUT2D eigenvalue weighted by molar-refractivity contribution is 5.88. The molecule has 19 heavy (non-hydrogen) atoms. The molecule has 0 spiro atoms. The Kier molecular flexibility index (Phi) is 3.41. The van der Waals surface area contributed by atoms with Crippen molar-refractivity contribution in [2.24, 2.45) is 0 Å². The molecule has 0 amide bonds. The number of halogens is 1. The van der Waals surface area contributed by atoms with E-state index in [-0.39, 0.29) is 11.6 Å². The van der Waals surface area contributed by atoms with Gasteiger partial charge in [-0.3, -0.25) is 4.98 Å². The Labute approximate surface area is 108 Å². The molecule has 0 aliphatic carbocycles. The summed E-state index contributed by atoms with van der Waals surface area (Å²) in [6, 6.07) is 3.51. The number of aryl methyl sites for hydroxylation is 2. The molecule has 0 atom stereocenters. The molecule has 0 bridgehead atoms. The van der Waals surface area contributed by atoms with E-state index >= 15 is 0 Å². The second kappa shape index (κ2) is 5.01. The van der Waals surface area contributed by atoms with Gasteiger partial charge < -0.3 is 9.84 Å². The van der Waals surface area contributed by atoms with Crippen molar-refractivity contribution in [1.29, 1.82) is 0 Å². The quantitative estimate of drug-likeness (QED) is 0.920. The Morgan fingerprint density at radius 3 is 2.63 bits per heavy atom. The summed E-state index contributed by atoms with van der Waals surface area (Å²) in [4.78, 5) is 18.9. The zero-order chi connectivity index (χ0) is 14.0. The maximum atomic E-state index is 13.5. The first-order valence-electron chi connectivity index (χ1n) is 5.48. The lowest BCUT2D eigenvalue weighted by Gasteiger charge is -2.07. The van der Waals surface area contributed by atoms with Crippen LogP contribution in [-0.4, -0.2) is 21.0 Å². The summed E-state index contributed by atoms with van der Waals surface area (Å²) in [5, 5.41) is 8.71. The number of carboxylic acids is 1. The minimum absolute atomic E-state index is 0.167. The van der Waals surface area contributed by atoms with Crippen molar-refractivity contribution in [3.05, 3.63) is 47.2 Å². The number of rotatable bonds is 3. The van der Waals surface area contributed by atoms with Gasteiger partial charge in [0.05, 0.1) is 23.1 Å². The van der Waals surface area contributed by atoms with Crippen LogP contribution in [0.2, 0.25) is 0 Å². The van der Waals surface area contributed by atoms with Gasteiger partial charge in [0.2, 0.25) is 5.88 Å². The van der Waals surface area contributed by atoms with Crippen molar-refractivity contribution in [1.82, 2.24) is 9.97 Å². The highest BCUT2D eigenvalue weighted by Crippen LogP contribution is 2.22. The van der Waals surface area contributed by atoms with Crippen LogP contribution in [0.3, 0.4) is 0 Å². The van der Waals surface area contributed by atoms with Gasteiger partial charge in [0.25, 0.3) is 0 Å². The normalized spacial score (nSPS) is 10.3. The number of nitrogens with zero attached hydrogens (tertiary/aromatic N) is 2. The summed E-state index contributed by atoms with van der Waals surface area (Å²) in [5.74, 6) is -1.79. The summed E-state index contributed by atoms with van der Waals surface area (Å²) < 4.78 is 18.8. The third-order valence-electron chi connectivity index (χ3n) is 2.56. The summed E-state index contributed by atoms with van der Waals surface area (Å²) in [6.07, 6.45) is 1.42. The van der Waals surface area contributed by atoms with Crippen molar-refractivity contribution in [3.8, 4) is 11.6 Å². The second-order valence-corrected chi connectivity index (χ2v) is 3.93. The Bertz CT molecular complexity index is 644. The molecule has 2 rings (SSSR count). The molecule has 0 fully saturated rings. The Balaban J connectivity index is 2.26. The van der Waals surface area contributed by atoms with Gasteiger partial charge in [-0.1, -0.05) is 0 Å². The fraction of sp³-hybridized carbons (Fsp3) is 0.154. The molecule has 5 nitrogen and oxygen atoms in total. The molecule has 1 aromatic heterocycles. The first-order chi connectivity index (χ1) is 8.97. The maximum absolute atomic E-state index is 13.5. The lowest BCUT2D eigenvalue weighted by Crippen LogP contribution is -2.01. The van der Waals surface area contributed by atoms with Crippen LogP contribution in [0.25, 0.3) is 0 Å². The van der Waals surface area contributed by atoms with Crippen LogP contribution in [-0.2, 0) is 0 Å². The maximum Gasteiger partial charge on any atom is 0.338 e. The molecule has 0 saturated carbocycles. The number of carboxylic acid groups (broad SMARTS) is 1. The average Bonchev–Trinajstić information content (AvgIpc) is 2.33. The van der Waals surface area contributed by atoms with Crippen LogP contribution >= 0.6 is 0 Å². The Morgan fingerprint density at radius 1 is 1.32 bits per heavy atom. The molecular formula is C13H11FN2O3. The molecule has 1 heterocycles. The highest BCUT2D eigenvalue weighted by atomic mass is 19.1. The highest BCUT2D eigenvalue weighted by Gasteiger charge is 2.11. The van der Waals surface area contributed by atoms with Crippen molar-refractivity contribution >= 4 is 5.97 Å². The van der Waals surface area contributed by atoms with Gasteiger partial charge in [-0.25, -0.2) is 14.2 Å². The van der Waals surface area contributed by atoms with Gasteiger partial charge in [0, 0.05) is 6.07 Å². The van der Waals surface area contributed by atoms with E-state index in [1.54, 1.807) is 6.92 Å². The molecule has 0 aliphatic rings. The van der Waals surface area contributed by atoms with Crippen molar-refractivity contribution in [2.75, 3.05) is 0 Å². The molecular weight excluding hydrogens is 251 g/mol. The van der Waals surface area contributed by atoms with E-state index in [9.17, 15) is 9.18 Å². The predicted molar refractivity (Wildman–Crippen MR) is 64.9 cm³/mol. The van der Waals surface area contributed by atoms with Crippen LogP contribution in [0, 0.1) is 19.7 Å². The zero-order valence-corrected chi connectivity index (χ0v) is 10.3. The molecule has 0 unspecified atom stereocenters. The van der Waals surface area contributed by atoms with Gasteiger partial charge in [-0.05, 0) is 26.0 Å².